The van der Waals surface area contributed by atoms with E-state index in [4.69, 9.17) is 12.2 Å². The van der Waals surface area contributed by atoms with Gasteiger partial charge in [-0.3, -0.25) is 4.79 Å². The topological polar surface area (TPSA) is 54.0 Å². The molecule has 1 aromatic rings. The Hall–Kier alpha value is -1.49. The van der Waals surface area contributed by atoms with Crippen LogP contribution in [0.2, 0.25) is 0 Å². The van der Waals surface area contributed by atoms with E-state index in [-0.39, 0.29) is 16.9 Å². The molecule has 0 bridgehead atoms. The van der Waals surface area contributed by atoms with E-state index < -0.39 is 0 Å². The quantitative estimate of drug-likeness (QED) is 0.771. The molecule has 0 atom stereocenters. The summed E-state index contributed by atoms with van der Waals surface area (Å²) in [5, 5.41) is 5.72. The molecule has 0 aliphatic carbocycles. The highest BCUT2D eigenvalue weighted by molar-refractivity contribution is 7.80. The van der Waals surface area contributed by atoms with Crippen molar-refractivity contribution in [2.45, 2.75) is 20.8 Å². The van der Waals surface area contributed by atoms with Crippen molar-refractivity contribution >= 4 is 29.1 Å². The number of amides is 1. The first-order chi connectivity index (χ1) is 7.49. The molecule has 1 aromatic heterocycles. The Labute approximate surface area is 100 Å². The van der Waals surface area contributed by atoms with Gasteiger partial charge < -0.3 is 10.6 Å². The Balaban J connectivity index is 2.55. The van der Waals surface area contributed by atoms with Gasteiger partial charge in [-0.15, -0.1) is 0 Å². The van der Waals surface area contributed by atoms with Gasteiger partial charge in [-0.2, -0.15) is 0 Å². The number of carbonyl (C=O) groups excluding carboxylic acids is 1. The average molecular weight is 237 g/mol. The van der Waals surface area contributed by atoms with Crippen LogP contribution in [0.15, 0.2) is 18.2 Å². The van der Waals surface area contributed by atoms with Crippen molar-refractivity contribution in [3.05, 3.63) is 23.9 Å². The van der Waals surface area contributed by atoms with E-state index in [1.165, 1.54) is 0 Å². The molecule has 0 radical (unpaired) electrons. The summed E-state index contributed by atoms with van der Waals surface area (Å²) in [4.78, 5) is 15.6. The molecule has 0 fully saturated rings. The molecule has 0 aliphatic rings. The molecule has 1 amide bonds. The highest BCUT2D eigenvalue weighted by atomic mass is 32.1. The fraction of sp³-hybridized carbons (Fsp3) is 0.364. The van der Waals surface area contributed by atoms with Crippen molar-refractivity contribution < 1.29 is 4.79 Å². The van der Waals surface area contributed by atoms with E-state index in [0.717, 1.165) is 5.69 Å². The minimum atomic E-state index is -0.106. The first kappa shape index (κ1) is 12.6. The molecule has 0 saturated heterocycles. The van der Waals surface area contributed by atoms with Crippen molar-refractivity contribution in [3.8, 4) is 0 Å². The summed E-state index contributed by atoms with van der Waals surface area (Å²) in [7, 11) is 0. The van der Waals surface area contributed by atoms with Gasteiger partial charge in [0, 0.05) is 11.6 Å². The second-order valence-electron chi connectivity index (χ2n) is 3.76. The lowest BCUT2D eigenvalue weighted by Gasteiger charge is -2.10. The van der Waals surface area contributed by atoms with E-state index in [2.05, 4.69) is 15.6 Å². The second kappa shape index (κ2) is 5.55. The monoisotopic (exact) mass is 237 g/mol. The fourth-order valence-electron chi connectivity index (χ4n) is 1.02. The summed E-state index contributed by atoms with van der Waals surface area (Å²) in [5.74, 6) is 0.435. The fourth-order valence-corrected chi connectivity index (χ4v) is 1.22. The molecule has 0 aliphatic heterocycles. The van der Waals surface area contributed by atoms with Gasteiger partial charge in [-0.05, 0) is 31.3 Å². The van der Waals surface area contributed by atoms with Gasteiger partial charge in [0.25, 0.3) is 0 Å². The predicted octanol–water partition coefficient (Wildman–Crippen LogP) is 1.86. The van der Waals surface area contributed by atoms with E-state index in [9.17, 15) is 4.79 Å². The van der Waals surface area contributed by atoms with Crippen molar-refractivity contribution in [1.29, 1.82) is 0 Å². The summed E-state index contributed by atoms with van der Waals surface area (Å²) < 4.78 is 0. The molecular weight excluding hydrogens is 222 g/mol. The van der Waals surface area contributed by atoms with Crippen LogP contribution in [0, 0.1) is 12.8 Å². The molecule has 0 unspecified atom stereocenters. The van der Waals surface area contributed by atoms with Gasteiger partial charge in [-0.25, -0.2) is 4.98 Å². The summed E-state index contributed by atoms with van der Waals surface area (Å²) >= 11 is 4.99. The zero-order valence-corrected chi connectivity index (χ0v) is 10.4. The van der Waals surface area contributed by atoms with Crippen LogP contribution in [0.4, 0.5) is 5.82 Å². The van der Waals surface area contributed by atoms with Crippen molar-refractivity contribution in [3.63, 3.8) is 0 Å². The van der Waals surface area contributed by atoms with Crippen LogP contribution in [-0.2, 0) is 4.79 Å². The summed E-state index contributed by atoms with van der Waals surface area (Å²) in [5.41, 5.74) is 0.892. The van der Waals surface area contributed by atoms with Gasteiger partial charge in [-0.1, -0.05) is 19.9 Å². The van der Waals surface area contributed by atoms with Crippen LogP contribution in [0.1, 0.15) is 19.5 Å². The van der Waals surface area contributed by atoms with Crippen molar-refractivity contribution in [2.75, 3.05) is 5.32 Å². The summed E-state index contributed by atoms with van der Waals surface area (Å²) in [6, 6.07) is 5.55. The number of nitrogens with zero attached hydrogens (tertiary/aromatic N) is 1. The van der Waals surface area contributed by atoms with Crippen LogP contribution in [0.25, 0.3) is 0 Å². The predicted molar refractivity (Wildman–Crippen MR) is 68.2 cm³/mol. The van der Waals surface area contributed by atoms with Gasteiger partial charge >= 0.3 is 0 Å². The lowest BCUT2D eigenvalue weighted by atomic mass is 10.2. The van der Waals surface area contributed by atoms with E-state index in [1.54, 1.807) is 6.07 Å². The number of carbonyl (C=O) groups is 1. The Bertz CT molecular complexity index is 404. The molecule has 4 nitrogen and oxygen atoms in total. The SMILES string of the molecule is Cc1cccc(NC(=S)NC(=O)C(C)C)n1. The third-order valence-electron chi connectivity index (χ3n) is 1.89. The van der Waals surface area contributed by atoms with Gasteiger partial charge in [0.1, 0.15) is 5.82 Å². The average Bonchev–Trinajstić information content (AvgIpc) is 2.16. The standard InChI is InChI=1S/C11H15N3OS/c1-7(2)10(15)14-11(16)13-9-6-4-5-8(3)12-9/h4-7H,1-3H3,(H2,12,13,14,15,16). The molecule has 5 heteroatoms. The number of rotatable bonds is 2. The van der Waals surface area contributed by atoms with Gasteiger partial charge in [0.15, 0.2) is 5.11 Å². The molecule has 2 N–H and O–H groups in total. The smallest absolute Gasteiger partial charge is 0.228 e. The molecule has 0 aromatic carbocycles. The van der Waals surface area contributed by atoms with Crippen LogP contribution in [-0.4, -0.2) is 16.0 Å². The number of aryl methyl sites for hydroxylation is 1. The lowest BCUT2D eigenvalue weighted by molar-refractivity contribution is -0.122. The van der Waals surface area contributed by atoms with E-state index in [1.807, 2.05) is 32.9 Å². The van der Waals surface area contributed by atoms with Crippen molar-refractivity contribution in [1.82, 2.24) is 10.3 Å². The molecule has 16 heavy (non-hydrogen) atoms. The van der Waals surface area contributed by atoms with Crippen LogP contribution >= 0.6 is 12.2 Å². The summed E-state index contributed by atoms with van der Waals surface area (Å²) in [6.07, 6.45) is 0. The number of aromatic nitrogens is 1. The van der Waals surface area contributed by atoms with Crippen LogP contribution in [0.5, 0.6) is 0 Å². The maximum absolute atomic E-state index is 11.4. The molecule has 1 rings (SSSR count). The third-order valence-corrected chi connectivity index (χ3v) is 2.10. The number of pyridine rings is 1. The van der Waals surface area contributed by atoms with Gasteiger partial charge in [0.05, 0.1) is 0 Å². The summed E-state index contributed by atoms with van der Waals surface area (Å²) in [6.45, 7) is 5.51. The van der Waals surface area contributed by atoms with E-state index >= 15 is 0 Å². The maximum Gasteiger partial charge on any atom is 0.228 e. The molecule has 86 valence electrons. The Morgan fingerprint density at radius 3 is 2.69 bits per heavy atom. The minimum Gasteiger partial charge on any atom is -0.317 e. The number of nitrogens with one attached hydrogen (secondary N) is 2. The first-order valence-electron chi connectivity index (χ1n) is 5.04. The van der Waals surface area contributed by atoms with Crippen LogP contribution < -0.4 is 10.6 Å². The normalized spacial score (nSPS) is 10.0. The number of hydrogen-bond donors (Lipinski definition) is 2. The molecule has 0 saturated carbocycles. The van der Waals surface area contributed by atoms with Crippen molar-refractivity contribution in [2.24, 2.45) is 5.92 Å². The highest BCUT2D eigenvalue weighted by Gasteiger charge is 2.08. The molecule has 0 spiro atoms. The zero-order chi connectivity index (χ0) is 12.1. The lowest BCUT2D eigenvalue weighted by Crippen LogP contribution is -2.36. The zero-order valence-electron chi connectivity index (χ0n) is 9.57. The Kier molecular flexibility index (Phi) is 4.37. The maximum atomic E-state index is 11.4. The number of anilines is 1. The third kappa shape index (κ3) is 3.94. The molecule has 1 heterocycles. The Morgan fingerprint density at radius 2 is 2.12 bits per heavy atom. The first-order valence-corrected chi connectivity index (χ1v) is 5.45. The largest absolute Gasteiger partial charge is 0.317 e. The minimum absolute atomic E-state index is 0.0924. The second-order valence-corrected chi connectivity index (χ2v) is 4.17. The highest BCUT2D eigenvalue weighted by Crippen LogP contribution is 2.03. The van der Waals surface area contributed by atoms with Crippen LogP contribution in [0.3, 0.4) is 0 Å². The van der Waals surface area contributed by atoms with Gasteiger partial charge in [0.2, 0.25) is 5.91 Å². The Morgan fingerprint density at radius 1 is 1.44 bits per heavy atom. The number of thiocarbonyl (C=S) groups is 1. The van der Waals surface area contributed by atoms with E-state index in [0.29, 0.717) is 5.82 Å². The molecular formula is C11H15N3OS. The number of hydrogen-bond acceptors (Lipinski definition) is 3.